The van der Waals surface area contributed by atoms with Gasteiger partial charge in [0.1, 0.15) is 23.0 Å². The van der Waals surface area contributed by atoms with Gasteiger partial charge >= 0.3 is 0 Å². The van der Waals surface area contributed by atoms with Crippen LogP contribution in [0.1, 0.15) is 5.56 Å². The molecule has 0 N–H and O–H groups in total. The van der Waals surface area contributed by atoms with E-state index in [1.165, 1.54) is 0 Å². The van der Waals surface area contributed by atoms with E-state index in [0.717, 1.165) is 54.8 Å². The number of aliphatic imine (C=N–C) groups is 1. The largest absolute Gasteiger partial charge is 0.497 e. The summed E-state index contributed by atoms with van der Waals surface area (Å²) < 4.78 is 11.5. The second-order valence-corrected chi connectivity index (χ2v) is 6.74. The van der Waals surface area contributed by atoms with Crippen LogP contribution in [0.5, 0.6) is 17.2 Å². The highest BCUT2D eigenvalue weighted by molar-refractivity contribution is 6.31. The summed E-state index contributed by atoms with van der Waals surface area (Å²) in [5, 5.41) is 0.674. The maximum atomic E-state index is 6.26. The van der Waals surface area contributed by atoms with E-state index >= 15 is 0 Å². The Kier molecular flexibility index (Phi) is 4.27. The number of piperazine rings is 1. The second-order valence-electron chi connectivity index (χ2n) is 6.30. The predicted octanol–water partition coefficient (Wildman–Crippen LogP) is 3.78. The molecule has 2 aromatic rings. The van der Waals surface area contributed by atoms with E-state index in [4.69, 9.17) is 26.1 Å². The minimum Gasteiger partial charge on any atom is -0.497 e. The quantitative estimate of drug-likeness (QED) is 0.778. The summed E-state index contributed by atoms with van der Waals surface area (Å²) >= 11 is 6.26. The zero-order chi connectivity index (χ0) is 17.4. The number of hydrogen-bond donors (Lipinski definition) is 0. The van der Waals surface area contributed by atoms with Crippen molar-refractivity contribution in [3.63, 3.8) is 0 Å². The molecule has 2 aromatic carbocycles. The molecule has 2 aliphatic heterocycles. The number of amidine groups is 1. The number of ether oxygens (including phenoxy) is 2. The van der Waals surface area contributed by atoms with Crippen molar-refractivity contribution in [2.24, 2.45) is 4.99 Å². The third kappa shape index (κ3) is 3.17. The standard InChI is InChI=1S/C19H20ClN3O2/c1-22-7-9-23(10-8-22)19-15-11-13(20)3-6-17(15)25-18-12-14(24-2)4-5-16(18)21-19/h3-6,11-12H,7-10H2,1-2H3. The van der Waals surface area contributed by atoms with Crippen molar-refractivity contribution in [2.75, 3.05) is 40.3 Å². The van der Waals surface area contributed by atoms with Crippen LogP contribution in [-0.2, 0) is 0 Å². The zero-order valence-electron chi connectivity index (χ0n) is 14.3. The van der Waals surface area contributed by atoms with Gasteiger partial charge in [-0.15, -0.1) is 0 Å². The minimum absolute atomic E-state index is 0.674. The summed E-state index contributed by atoms with van der Waals surface area (Å²) in [7, 11) is 3.78. The Balaban J connectivity index is 1.83. The smallest absolute Gasteiger partial charge is 0.156 e. The first-order valence-corrected chi connectivity index (χ1v) is 8.70. The fourth-order valence-electron chi connectivity index (χ4n) is 3.11. The highest BCUT2D eigenvalue weighted by atomic mass is 35.5. The Hall–Kier alpha value is -2.24. The lowest BCUT2D eigenvalue weighted by Gasteiger charge is -2.34. The van der Waals surface area contributed by atoms with Crippen LogP contribution in [0, 0.1) is 0 Å². The normalized spacial score (nSPS) is 17.1. The summed E-state index contributed by atoms with van der Waals surface area (Å²) in [5.74, 6) is 3.10. The number of nitrogens with zero attached hydrogens (tertiary/aromatic N) is 3. The average molecular weight is 358 g/mol. The number of rotatable bonds is 1. The lowest BCUT2D eigenvalue weighted by molar-refractivity contribution is 0.215. The first-order valence-electron chi connectivity index (χ1n) is 8.32. The van der Waals surface area contributed by atoms with Crippen LogP contribution in [-0.4, -0.2) is 56.0 Å². The van der Waals surface area contributed by atoms with Gasteiger partial charge in [0.25, 0.3) is 0 Å². The van der Waals surface area contributed by atoms with E-state index in [-0.39, 0.29) is 0 Å². The second kappa shape index (κ2) is 6.58. The molecule has 6 heteroatoms. The zero-order valence-corrected chi connectivity index (χ0v) is 15.1. The number of likely N-dealkylation sites (N-methyl/N-ethyl adjacent to an activating group) is 1. The molecule has 0 saturated carbocycles. The highest BCUT2D eigenvalue weighted by Gasteiger charge is 2.25. The van der Waals surface area contributed by atoms with Crippen LogP contribution in [0.15, 0.2) is 41.4 Å². The van der Waals surface area contributed by atoms with Crippen molar-refractivity contribution >= 4 is 23.1 Å². The van der Waals surface area contributed by atoms with Crippen molar-refractivity contribution in [2.45, 2.75) is 0 Å². The Morgan fingerprint density at radius 3 is 2.60 bits per heavy atom. The highest BCUT2D eigenvalue weighted by Crippen LogP contribution is 2.40. The van der Waals surface area contributed by atoms with Gasteiger partial charge in [0.2, 0.25) is 0 Å². The van der Waals surface area contributed by atoms with Gasteiger partial charge in [-0.1, -0.05) is 11.6 Å². The molecule has 2 heterocycles. The van der Waals surface area contributed by atoms with E-state index in [9.17, 15) is 0 Å². The van der Waals surface area contributed by atoms with E-state index in [1.54, 1.807) is 7.11 Å². The fourth-order valence-corrected chi connectivity index (χ4v) is 3.29. The van der Waals surface area contributed by atoms with Crippen LogP contribution in [0.25, 0.3) is 0 Å². The molecule has 1 saturated heterocycles. The molecule has 0 aliphatic carbocycles. The van der Waals surface area contributed by atoms with Gasteiger partial charge in [0.15, 0.2) is 5.75 Å². The summed E-state index contributed by atoms with van der Waals surface area (Å²) in [4.78, 5) is 9.56. The van der Waals surface area contributed by atoms with Gasteiger partial charge in [-0.2, -0.15) is 0 Å². The maximum absolute atomic E-state index is 6.26. The predicted molar refractivity (Wildman–Crippen MR) is 99.8 cm³/mol. The molecule has 2 aliphatic rings. The molecular formula is C19H20ClN3O2. The number of methoxy groups -OCH3 is 1. The molecule has 0 aromatic heterocycles. The third-order valence-electron chi connectivity index (χ3n) is 4.60. The van der Waals surface area contributed by atoms with Crippen molar-refractivity contribution in [1.29, 1.82) is 0 Å². The van der Waals surface area contributed by atoms with Crippen LogP contribution in [0.4, 0.5) is 5.69 Å². The Labute approximate surface area is 152 Å². The van der Waals surface area contributed by atoms with Gasteiger partial charge in [-0.3, -0.25) is 0 Å². The Morgan fingerprint density at radius 1 is 1.04 bits per heavy atom. The van der Waals surface area contributed by atoms with Crippen LogP contribution >= 0.6 is 11.6 Å². The van der Waals surface area contributed by atoms with Crippen molar-refractivity contribution in [1.82, 2.24) is 9.80 Å². The molecule has 0 bridgehead atoms. The Bertz CT molecular complexity index is 829. The summed E-state index contributed by atoms with van der Waals surface area (Å²) in [6.45, 7) is 3.86. The Morgan fingerprint density at radius 2 is 1.84 bits per heavy atom. The number of fused-ring (bicyclic) bond motifs is 2. The third-order valence-corrected chi connectivity index (χ3v) is 4.83. The molecule has 25 heavy (non-hydrogen) atoms. The van der Waals surface area contributed by atoms with Crippen LogP contribution < -0.4 is 9.47 Å². The van der Waals surface area contributed by atoms with E-state index in [1.807, 2.05) is 36.4 Å². The molecule has 0 amide bonds. The van der Waals surface area contributed by atoms with E-state index < -0.39 is 0 Å². The van der Waals surface area contributed by atoms with Gasteiger partial charge in [-0.05, 0) is 37.4 Å². The van der Waals surface area contributed by atoms with E-state index in [2.05, 4.69) is 16.8 Å². The molecule has 0 atom stereocenters. The molecule has 0 spiro atoms. The fraction of sp³-hybridized carbons (Fsp3) is 0.316. The van der Waals surface area contributed by atoms with Gasteiger partial charge in [-0.25, -0.2) is 4.99 Å². The number of hydrogen-bond acceptors (Lipinski definition) is 5. The molecule has 130 valence electrons. The molecule has 1 fully saturated rings. The SMILES string of the molecule is COc1ccc2c(c1)Oc1ccc(Cl)cc1C(N1CCN(C)CC1)=N2. The summed E-state index contributed by atoms with van der Waals surface area (Å²) in [6.07, 6.45) is 0. The topological polar surface area (TPSA) is 37.3 Å². The van der Waals surface area contributed by atoms with Crippen molar-refractivity contribution < 1.29 is 9.47 Å². The average Bonchev–Trinajstić information content (AvgIpc) is 2.78. The summed E-state index contributed by atoms with van der Waals surface area (Å²) in [6, 6.07) is 11.4. The number of halogens is 1. The minimum atomic E-state index is 0.674. The van der Waals surface area contributed by atoms with Gasteiger partial charge < -0.3 is 19.3 Å². The first-order chi connectivity index (χ1) is 12.1. The van der Waals surface area contributed by atoms with Gasteiger partial charge in [0.05, 0.1) is 12.7 Å². The lowest BCUT2D eigenvalue weighted by Crippen LogP contribution is -2.47. The maximum Gasteiger partial charge on any atom is 0.156 e. The van der Waals surface area contributed by atoms with Crippen molar-refractivity contribution in [3.8, 4) is 17.2 Å². The summed E-state index contributed by atoms with van der Waals surface area (Å²) in [5.41, 5.74) is 1.72. The molecule has 0 radical (unpaired) electrons. The molecular weight excluding hydrogens is 338 g/mol. The monoisotopic (exact) mass is 357 g/mol. The van der Waals surface area contributed by atoms with E-state index in [0.29, 0.717) is 10.8 Å². The lowest BCUT2D eigenvalue weighted by atomic mass is 10.1. The van der Waals surface area contributed by atoms with Crippen LogP contribution in [0.2, 0.25) is 5.02 Å². The van der Waals surface area contributed by atoms with Gasteiger partial charge in [0, 0.05) is 37.3 Å². The molecule has 5 nitrogen and oxygen atoms in total. The molecule has 4 rings (SSSR count). The first kappa shape index (κ1) is 16.2. The van der Waals surface area contributed by atoms with Crippen molar-refractivity contribution in [3.05, 3.63) is 47.0 Å². The van der Waals surface area contributed by atoms with Crippen LogP contribution in [0.3, 0.4) is 0 Å². The molecule has 0 unspecified atom stereocenters. The number of benzene rings is 2.